The molecule has 144 valence electrons. The molecule has 4 heteroatoms. The number of aliphatic carboxylic acids is 1. The summed E-state index contributed by atoms with van der Waals surface area (Å²) >= 11 is 0. The second kappa shape index (κ2) is 7.76. The molecule has 3 aromatic rings. The first-order chi connectivity index (χ1) is 14.0. The Bertz CT molecular complexity index is 1140. The Kier molecular flexibility index (Phi) is 5.00. The van der Waals surface area contributed by atoms with Gasteiger partial charge in [-0.1, -0.05) is 42.5 Å². The maximum absolute atomic E-state index is 14.7. The fourth-order valence-electron chi connectivity index (χ4n) is 3.62. The van der Waals surface area contributed by atoms with Crippen LogP contribution < -0.4 is 4.74 Å². The predicted molar refractivity (Wildman–Crippen MR) is 112 cm³/mol. The van der Waals surface area contributed by atoms with Gasteiger partial charge in [-0.15, -0.1) is 0 Å². The van der Waals surface area contributed by atoms with E-state index in [-0.39, 0.29) is 12.2 Å². The third-order valence-corrected chi connectivity index (χ3v) is 4.94. The van der Waals surface area contributed by atoms with Crippen molar-refractivity contribution in [2.24, 2.45) is 0 Å². The van der Waals surface area contributed by atoms with E-state index in [0.29, 0.717) is 28.0 Å². The highest BCUT2D eigenvalue weighted by atomic mass is 19.1. The lowest BCUT2D eigenvalue weighted by molar-refractivity contribution is -0.135. The van der Waals surface area contributed by atoms with Crippen LogP contribution in [0.2, 0.25) is 0 Å². The van der Waals surface area contributed by atoms with Gasteiger partial charge in [0, 0.05) is 5.56 Å². The number of benzene rings is 3. The third kappa shape index (κ3) is 3.83. The van der Waals surface area contributed by atoms with Crippen LogP contribution in [0.15, 0.2) is 78.4 Å². The standard InChI is InChI=1S/C25H19FO3/c1-16-21(15-24(27)28)20-11-6-12-23(26)25(20)22(16)14-17-7-5-10-19(13-17)29-18-8-3-2-4-9-18/h2-14H,15H2,1H3,(H,27,28)/b22-14+. The summed E-state index contributed by atoms with van der Waals surface area (Å²) in [5.41, 5.74) is 4.07. The summed E-state index contributed by atoms with van der Waals surface area (Å²) in [5, 5.41) is 9.28. The van der Waals surface area contributed by atoms with E-state index >= 15 is 0 Å². The number of carboxylic acid groups (broad SMARTS) is 1. The molecule has 0 heterocycles. The topological polar surface area (TPSA) is 46.5 Å². The Balaban J connectivity index is 1.75. The van der Waals surface area contributed by atoms with Gasteiger partial charge in [-0.05, 0) is 71.2 Å². The summed E-state index contributed by atoms with van der Waals surface area (Å²) in [4.78, 5) is 11.3. The zero-order chi connectivity index (χ0) is 20.4. The van der Waals surface area contributed by atoms with E-state index in [1.165, 1.54) is 6.07 Å². The number of fused-ring (bicyclic) bond motifs is 1. The van der Waals surface area contributed by atoms with Crippen molar-refractivity contribution in [2.45, 2.75) is 13.3 Å². The zero-order valence-electron chi connectivity index (χ0n) is 15.9. The van der Waals surface area contributed by atoms with E-state index in [1.807, 2.05) is 67.6 Å². The molecule has 0 atom stereocenters. The number of hydrogen-bond donors (Lipinski definition) is 1. The maximum Gasteiger partial charge on any atom is 0.307 e. The van der Waals surface area contributed by atoms with Crippen molar-refractivity contribution in [1.82, 2.24) is 0 Å². The predicted octanol–water partition coefficient (Wildman–Crippen LogP) is 6.42. The van der Waals surface area contributed by atoms with E-state index < -0.39 is 5.97 Å². The summed E-state index contributed by atoms with van der Waals surface area (Å²) in [7, 11) is 0. The molecule has 0 aliphatic heterocycles. The van der Waals surface area contributed by atoms with Crippen molar-refractivity contribution in [3.8, 4) is 11.5 Å². The van der Waals surface area contributed by atoms with E-state index in [4.69, 9.17) is 4.74 Å². The molecular formula is C25H19FO3. The summed E-state index contributed by atoms with van der Waals surface area (Å²) in [6.07, 6.45) is 1.74. The number of para-hydroxylation sites is 1. The van der Waals surface area contributed by atoms with Gasteiger partial charge in [-0.25, -0.2) is 4.39 Å². The Morgan fingerprint density at radius 2 is 1.72 bits per heavy atom. The van der Waals surface area contributed by atoms with Gasteiger partial charge >= 0.3 is 5.97 Å². The van der Waals surface area contributed by atoms with E-state index in [1.54, 1.807) is 12.1 Å². The number of ether oxygens (including phenoxy) is 1. The maximum atomic E-state index is 14.7. The van der Waals surface area contributed by atoms with Crippen molar-refractivity contribution >= 4 is 23.2 Å². The Morgan fingerprint density at radius 3 is 2.48 bits per heavy atom. The molecule has 0 spiro atoms. The average Bonchev–Trinajstić information content (AvgIpc) is 2.96. The van der Waals surface area contributed by atoms with Crippen LogP contribution in [0.4, 0.5) is 4.39 Å². The zero-order valence-corrected chi connectivity index (χ0v) is 15.9. The van der Waals surface area contributed by atoms with E-state index in [9.17, 15) is 14.3 Å². The first-order valence-electron chi connectivity index (χ1n) is 9.29. The number of hydrogen-bond acceptors (Lipinski definition) is 2. The molecule has 0 saturated heterocycles. The average molecular weight is 386 g/mol. The molecule has 0 amide bonds. The highest BCUT2D eigenvalue weighted by molar-refractivity contribution is 6.07. The van der Waals surface area contributed by atoms with Crippen LogP contribution in [0.25, 0.3) is 17.2 Å². The molecule has 0 radical (unpaired) electrons. The lowest BCUT2D eigenvalue weighted by atomic mass is 10.00. The van der Waals surface area contributed by atoms with Gasteiger partial charge in [0.05, 0.1) is 6.42 Å². The lowest BCUT2D eigenvalue weighted by Crippen LogP contribution is -1.97. The van der Waals surface area contributed by atoms with Crippen LogP contribution in [0, 0.1) is 5.82 Å². The smallest absolute Gasteiger partial charge is 0.307 e. The Morgan fingerprint density at radius 1 is 1.00 bits per heavy atom. The van der Waals surface area contributed by atoms with Crippen LogP contribution in [0.5, 0.6) is 11.5 Å². The van der Waals surface area contributed by atoms with Crippen LogP contribution in [-0.2, 0) is 4.79 Å². The van der Waals surface area contributed by atoms with Gasteiger partial charge in [0.15, 0.2) is 0 Å². The van der Waals surface area contributed by atoms with Crippen molar-refractivity contribution in [2.75, 3.05) is 0 Å². The second-order valence-electron chi connectivity index (χ2n) is 6.88. The molecule has 0 fully saturated rings. The summed E-state index contributed by atoms with van der Waals surface area (Å²) in [6.45, 7) is 1.84. The quantitative estimate of drug-likeness (QED) is 0.550. The van der Waals surface area contributed by atoms with E-state index in [0.717, 1.165) is 16.9 Å². The number of carboxylic acids is 1. The van der Waals surface area contributed by atoms with Gasteiger partial charge in [0.25, 0.3) is 0 Å². The Labute approximate surface area is 168 Å². The number of allylic oxidation sites excluding steroid dienone is 2. The monoisotopic (exact) mass is 386 g/mol. The lowest BCUT2D eigenvalue weighted by Gasteiger charge is -2.08. The van der Waals surface area contributed by atoms with E-state index in [2.05, 4.69) is 0 Å². The van der Waals surface area contributed by atoms with Crippen LogP contribution in [-0.4, -0.2) is 11.1 Å². The molecule has 0 unspecified atom stereocenters. The summed E-state index contributed by atoms with van der Waals surface area (Å²) in [6, 6.07) is 21.8. The molecule has 0 bridgehead atoms. The largest absolute Gasteiger partial charge is 0.481 e. The molecule has 4 rings (SSSR count). The van der Waals surface area contributed by atoms with Crippen molar-refractivity contribution < 1.29 is 19.0 Å². The van der Waals surface area contributed by atoms with Crippen molar-refractivity contribution in [1.29, 1.82) is 0 Å². The second-order valence-corrected chi connectivity index (χ2v) is 6.88. The first kappa shape index (κ1) is 18.7. The minimum absolute atomic E-state index is 0.142. The first-order valence-corrected chi connectivity index (χ1v) is 9.29. The molecule has 0 saturated carbocycles. The SMILES string of the molecule is CC1=C(CC(=O)O)c2cccc(F)c2/C1=C/c1cccc(Oc2ccccc2)c1. The highest BCUT2D eigenvalue weighted by Gasteiger charge is 2.27. The van der Waals surface area contributed by atoms with Crippen LogP contribution in [0.1, 0.15) is 30.0 Å². The van der Waals surface area contributed by atoms with Crippen LogP contribution in [0.3, 0.4) is 0 Å². The summed E-state index contributed by atoms with van der Waals surface area (Å²) in [5.74, 6) is 0.110. The molecule has 1 aliphatic rings. The fourth-order valence-corrected chi connectivity index (χ4v) is 3.62. The van der Waals surface area contributed by atoms with Gasteiger partial charge in [0.2, 0.25) is 0 Å². The molecule has 29 heavy (non-hydrogen) atoms. The number of rotatable bonds is 5. The molecule has 0 aromatic heterocycles. The normalized spacial score (nSPS) is 14.2. The molecule has 1 aliphatic carbocycles. The fraction of sp³-hybridized carbons (Fsp3) is 0.0800. The van der Waals surface area contributed by atoms with Gasteiger partial charge in [0.1, 0.15) is 17.3 Å². The molecule has 1 N–H and O–H groups in total. The number of halogens is 1. The van der Waals surface area contributed by atoms with Gasteiger partial charge < -0.3 is 9.84 Å². The minimum Gasteiger partial charge on any atom is -0.481 e. The van der Waals surface area contributed by atoms with Gasteiger partial charge in [-0.2, -0.15) is 0 Å². The highest BCUT2D eigenvalue weighted by Crippen LogP contribution is 2.44. The minimum atomic E-state index is -0.936. The van der Waals surface area contributed by atoms with Crippen molar-refractivity contribution in [3.05, 3.63) is 101 Å². The molecule has 3 nitrogen and oxygen atoms in total. The van der Waals surface area contributed by atoms with Gasteiger partial charge in [-0.3, -0.25) is 4.79 Å². The third-order valence-electron chi connectivity index (χ3n) is 4.94. The molecule has 3 aromatic carbocycles. The van der Waals surface area contributed by atoms with Crippen molar-refractivity contribution in [3.63, 3.8) is 0 Å². The Hall–Kier alpha value is -3.66. The summed E-state index contributed by atoms with van der Waals surface area (Å²) < 4.78 is 20.5. The molecular weight excluding hydrogens is 367 g/mol. The van der Waals surface area contributed by atoms with Crippen LogP contribution >= 0.6 is 0 Å². The number of carbonyl (C=O) groups is 1.